The third-order valence-electron chi connectivity index (χ3n) is 3.00. The standard InChI is InChI=1S/C15H20N4/c1-4-9-17-14-10-16-11-15(18-14)19(3)13-8-6-5-7-12(13)2/h5-8,10-11H,4,9H2,1-3H3,(H,17,18). The summed E-state index contributed by atoms with van der Waals surface area (Å²) in [4.78, 5) is 10.9. The van der Waals surface area contributed by atoms with Crippen LogP contribution < -0.4 is 10.2 Å². The summed E-state index contributed by atoms with van der Waals surface area (Å²) in [5, 5.41) is 3.26. The molecule has 0 fully saturated rings. The lowest BCUT2D eigenvalue weighted by molar-refractivity contribution is 0.960. The van der Waals surface area contributed by atoms with Crippen LogP contribution in [0.2, 0.25) is 0 Å². The fourth-order valence-electron chi connectivity index (χ4n) is 1.92. The minimum Gasteiger partial charge on any atom is -0.369 e. The lowest BCUT2D eigenvalue weighted by atomic mass is 10.2. The van der Waals surface area contributed by atoms with Gasteiger partial charge in [0.2, 0.25) is 0 Å². The van der Waals surface area contributed by atoms with E-state index in [2.05, 4.69) is 46.2 Å². The summed E-state index contributed by atoms with van der Waals surface area (Å²) in [6.45, 7) is 5.13. The van der Waals surface area contributed by atoms with E-state index in [-0.39, 0.29) is 0 Å². The molecular formula is C15H20N4. The van der Waals surface area contributed by atoms with Gasteiger partial charge < -0.3 is 10.2 Å². The highest BCUT2D eigenvalue weighted by Crippen LogP contribution is 2.24. The average molecular weight is 256 g/mol. The normalized spacial score (nSPS) is 10.3. The van der Waals surface area contributed by atoms with Gasteiger partial charge in [-0.15, -0.1) is 0 Å². The molecule has 0 aliphatic heterocycles. The number of aryl methyl sites for hydroxylation is 1. The molecule has 19 heavy (non-hydrogen) atoms. The molecule has 0 aliphatic rings. The first-order valence-corrected chi connectivity index (χ1v) is 6.57. The fraction of sp³-hybridized carbons (Fsp3) is 0.333. The highest BCUT2D eigenvalue weighted by atomic mass is 15.2. The lowest BCUT2D eigenvalue weighted by Gasteiger charge is -2.20. The third kappa shape index (κ3) is 3.22. The van der Waals surface area contributed by atoms with Crippen LogP contribution in [0, 0.1) is 6.92 Å². The smallest absolute Gasteiger partial charge is 0.153 e. The van der Waals surface area contributed by atoms with Crippen molar-refractivity contribution < 1.29 is 0 Å². The summed E-state index contributed by atoms with van der Waals surface area (Å²) < 4.78 is 0. The number of hydrogen-bond acceptors (Lipinski definition) is 4. The molecule has 0 amide bonds. The van der Waals surface area contributed by atoms with Crippen molar-refractivity contribution in [3.63, 3.8) is 0 Å². The Bertz CT molecular complexity index is 539. The Balaban J connectivity index is 2.24. The molecule has 2 aromatic rings. The van der Waals surface area contributed by atoms with Gasteiger partial charge in [0.05, 0.1) is 12.4 Å². The highest BCUT2D eigenvalue weighted by Gasteiger charge is 2.08. The maximum absolute atomic E-state index is 4.58. The molecule has 1 aromatic heterocycles. The van der Waals surface area contributed by atoms with Crippen LogP contribution in [0.1, 0.15) is 18.9 Å². The summed E-state index contributed by atoms with van der Waals surface area (Å²) in [5.74, 6) is 1.66. The molecule has 0 saturated carbocycles. The Morgan fingerprint density at radius 1 is 1.21 bits per heavy atom. The number of rotatable bonds is 5. The number of nitrogens with one attached hydrogen (secondary N) is 1. The average Bonchev–Trinajstić information content (AvgIpc) is 2.45. The maximum atomic E-state index is 4.58. The first-order valence-electron chi connectivity index (χ1n) is 6.57. The largest absolute Gasteiger partial charge is 0.369 e. The van der Waals surface area contributed by atoms with E-state index in [1.807, 2.05) is 19.2 Å². The molecule has 0 spiro atoms. The van der Waals surface area contributed by atoms with Crippen LogP contribution in [0.25, 0.3) is 0 Å². The zero-order chi connectivity index (χ0) is 13.7. The summed E-state index contributed by atoms with van der Waals surface area (Å²) >= 11 is 0. The molecule has 100 valence electrons. The van der Waals surface area contributed by atoms with E-state index in [0.717, 1.165) is 30.3 Å². The predicted octanol–water partition coefficient (Wildman–Crippen LogP) is 3.37. The number of hydrogen-bond donors (Lipinski definition) is 1. The van der Waals surface area contributed by atoms with Gasteiger partial charge in [0.15, 0.2) is 5.82 Å². The van der Waals surface area contributed by atoms with E-state index < -0.39 is 0 Å². The first kappa shape index (κ1) is 13.3. The minimum atomic E-state index is 0.819. The molecule has 0 saturated heterocycles. The van der Waals surface area contributed by atoms with Gasteiger partial charge in [0, 0.05) is 19.3 Å². The number of nitrogens with zero attached hydrogens (tertiary/aromatic N) is 3. The van der Waals surface area contributed by atoms with Crippen molar-refractivity contribution in [2.45, 2.75) is 20.3 Å². The molecule has 0 radical (unpaired) electrons. The van der Waals surface area contributed by atoms with Crippen LogP contribution in [-0.2, 0) is 0 Å². The van der Waals surface area contributed by atoms with Gasteiger partial charge in [0.1, 0.15) is 5.82 Å². The molecule has 0 aliphatic carbocycles. The summed E-state index contributed by atoms with van der Waals surface area (Å²) in [6, 6.07) is 8.25. The van der Waals surface area contributed by atoms with E-state index in [9.17, 15) is 0 Å². The molecule has 4 heteroatoms. The molecule has 1 N–H and O–H groups in total. The molecule has 0 unspecified atom stereocenters. The van der Waals surface area contributed by atoms with Crippen molar-refractivity contribution in [3.8, 4) is 0 Å². The van der Waals surface area contributed by atoms with E-state index in [1.54, 1.807) is 12.4 Å². The topological polar surface area (TPSA) is 41.1 Å². The van der Waals surface area contributed by atoms with Crippen molar-refractivity contribution in [1.82, 2.24) is 9.97 Å². The van der Waals surface area contributed by atoms with Crippen molar-refractivity contribution in [3.05, 3.63) is 42.2 Å². The highest BCUT2D eigenvalue weighted by molar-refractivity contribution is 5.63. The van der Waals surface area contributed by atoms with Gasteiger partial charge in [-0.2, -0.15) is 0 Å². The zero-order valence-electron chi connectivity index (χ0n) is 11.7. The molecule has 4 nitrogen and oxygen atoms in total. The van der Waals surface area contributed by atoms with Gasteiger partial charge in [0.25, 0.3) is 0 Å². The van der Waals surface area contributed by atoms with E-state index in [1.165, 1.54) is 5.56 Å². The van der Waals surface area contributed by atoms with Crippen molar-refractivity contribution >= 4 is 17.3 Å². The molecule has 1 heterocycles. The summed E-state index contributed by atoms with van der Waals surface area (Å²) in [5.41, 5.74) is 2.36. The maximum Gasteiger partial charge on any atom is 0.153 e. The third-order valence-corrected chi connectivity index (χ3v) is 3.00. The van der Waals surface area contributed by atoms with Crippen molar-refractivity contribution in [2.75, 3.05) is 23.8 Å². The Morgan fingerprint density at radius 3 is 2.74 bits per heavy atom. The SMILES string of the molecule is CCCNc1cncc(N(C)c2ccccc2C)n1. The Hall–Kier alpha value is -2.10. The zero-order valence-corrected chi connectivity index (χ0v) is 11.7. The van der Waals surface area contributed by atoms with Crippen LogP contribution in [0.5, 0.6) is 0 Å². The number of benzene rings is 1. The predicted molar refractivity (Wildman–Crippen MR) is 80.1 cm³/mol. The number of para-hydroxylation sites is 1. The second-order valence-corrected chi connectivity index (χ2v) is 4.53. The summed E-state index contributed by atoms with van der Waals surface area (Å²) in [7, 11) is 2.01. The van der Waals surface area contributed by atoms with Gasteiger partial charge >= 0.3 is 0 Å². The van der Waals surface area contributed by atoms with Gasteiger partial charge in [-0.1, -0.05) is 25.1 Å². The van der Waals surface area contributed by atoms with Crippen molar-refractivity contribution in [1.29, 1.82) is 0 Å². The number of aromatic nitrogens is 2. The number of anilines is 3. The summed E-state index contributed by atoms with van der Waals surface area (Å²) in [6.07, 6.45) is 4.61. The van der Waals surface area contributed by atoms with E-state index >= 15 is 0 Å². The van der Waals surface area contributed by atoms with Crippen LogP contribution in [-0.4, -0.2) is 23.6 Å². The molecular weight excluding hydrogens is 236 g/mol. The lowest BCUT2D eigenvalue weighted by Crippen LogP contribution is -2.14. The monoisotopic (exact) mass is 256 g/mol. The second-order valence-electron chi connectivity index (χ2n) is 4.53. The van der Waals surface area contributed by atoms with Crippen LogP contribution in [0.4, 0.5) is 17.3 Å². The second kappa shape index (κ2) is 6.18. The molecule has 1 aromatic carbocycles. The Kier molecular flexibility index (Phi) is 4.34. The van der Waals surface area contributed by atoms with Crippen LogP contribution in [0.15, 0.2) is 36.7 Å². The molecule has 0 bridgehead atoms. The van der Waals surface area contributed by atoms with Gasteiger partial charge in [-0.3, -0.25) is 4.98 Å². The van der Waals surface area contributed by atoms with E-state index in [4.69, 9.17) is 0 Å². The van der Waals surface area contributed by atoms with Crippen molar-refractivity contribution in [2.24, 2.45) is 0 Å². The van der Waals surface area contributed by atoms with Gasteiger partial charge in [-0.25, -0.2) is 4.98 Å². The minimum absolute atomic E-state index is 0.819. The Morgan fingerprint density at radius 2 is 2.00 bits per heavy atom. The van der Waals surface area contributed by atoms with Crippen LogP contribution in [0.3, 0.4) is 0 Å². The van der Waals surface area contributed by atoms with Crippen LogP contribution >= 0.6 is 0 Å². The molecule has 0 atom stereocenters. The first-order chi connectivity index (χ1) is 9.22. The van der Waals surface area contributed by atoms with E-state index in [0.29, 0.717) is 0 Å². The Labute approximate surface area is 114 Å². The fourth-order valence-corrected chi connectivity index (χ4v) is 1.92. The van der Waals surface area contributed by atoms with Gasteiger partial charge in [-0.05, 0) is 25.0 Å². The molecule has 2 rings (SSSR count). The quantitative estimate of drug-likeness (QED) is 0.890.